The number of ether oxygens (including phenoxy) is 3. The number of thioether (sulfide) groups is 1. The molecule has 0 N–H and O–H groups in total. The van der Waals surface area contributed by atoms with Crippen LogP contribution in [-0.4, -0.2) is 42.9 Å². The SMILES string of the molecule is CCOc1cc(/C=C2/SC(=O)N(CCOC)C2=O)c(Br)cc1OCc1ccc(Cl)cc1Cl. The molecule has 0 atom stereocenters. The van der Waals surface area contributed by atoms with Crippen LogP contribution in [0, 0.1) is 0 Å². The molecule has 0 bridgehead atoms. The van der Waals surface area contributed by atoms with Gasteiger partial charge in [0.15, 0.2) is 11.5 Å². The van der Waals surface area contributed by atoms with Crippen molar-refractivity contribution in [2.45, 2.75) is 13.5 Å². The Balaban J connectivity index is 1.84. The van der Waals surface area contributed by atoms with E-state index >= 15 is 0 Å². The Bertz CT molecular complexity index is 1060. The largest absolute Gasteiger partial charge is 0.490 e. The highest BCUT2D eigenvalue weighted by molar-refractivity contribution is 9.10. The number of methoxy groups -OCH3 is 1. The van der Waals surface area contributed by atoms with Gasteiger partial charge in [0.2, 0.25) is 0 Å². The van der Waals surface area contributed by atoms with Crippen molar-refractivity contribution in [1.29, 1.82) is 0 Å². The van der Waals surface area contributed by atoms with Gasteiger partial charge in [0, 0.05) is 27.2 Å². The summed E-state index contributed by atoms with van der Waals surface area (Å²) in [6, 6.07) is 8.72. The summed E-state index contributed by atoms with van der Waals surface area (Å²) >= 11 is 16.6. The summed E-state index contributed by atoms with van der Waals surface area (Å²) in [5.74, 6) is 0.667. The Labute approximate surface area is 208 Å². The molecular weight excluding hydrogens is 541 g/mol. The molecule has 0 saturated carbocycles. The molecule has 0 unspecified atom stereocenters. The van der Waals surface area contributed by atoms with Crippen molar-refractivity contribution in [2.24, 2.45) is 0 Å². The molecule has 170 valence electrons. The highest BCUT2D eigenvalue weighted by atomic mass is 79.9. The molecule has 0 aromatic heterocycles. The average molecular weight is 561 g/mol. The van der Waals surface area contributed by atoms with Crippen LogP contribution in [0.5, 0.6) is 11.5 Å². The second-order valence-corrected chi connectivity index (χ2v) is 9.30. The van der Waals surface area contributed by atoms with E-state index in [4.69, 9.17) is 37.4 Å². The maximum Gasteiger partial charge on any atom is 0.293 e. The molecule has 0 aliphatic carbocycles. The lowest BCUT2D eigenvalue weighted by Crippen LogP contribution is -2.31. The molecule has 2 amide bonds. The van der Waals surface area contributed by atoms with Crippen LogP contribution in [0.2, 0.25) is 10.0 Å². The Morgan fingerprint density at radius 3 is 2.56 bits per heavy atom. The first kappa shape index (κ1) is 24.9. The zero-order valence-corrected chi connectivity index (χ0v) is 21.2. The summed E-state index contributed by atoms with van der Waals surface area (Å²) in [6.45, 7) is 3.01. The smallest absolute Gasteiger partial charge is 0.293 e. The number of halogens is 3. The summed E-state index contributed by atoms with van der Waals surface area (Å²) in [5.41, 5.74) is 1.46. The van der Waals surface area contributed by atoms with Crippen molar-refractivity contribution in [3.63, 3.8) is 0 Å². The third kappa shape index (κ3) is 5.99. The molecule has 1 aliphatic rings. The third-order valence-electron chi connectivity index (χ3n) is 4.44. The lowest BCUT2D eigenvalue weighted by molar-refractivity contribution is -0.123. The molecule has 1 saturated heterocycles. The van der Waals surface area contributed by atoms with Crippen LogP contribution in [-0.2, 0) is 16.1 Å². The highest BCUT2D eigenvalue weighted by Gasteiger charge is 2.34. The number of carbonyl (C=O) groups is 2. The van der Waals surface area contributed by atoms with E-state index < -0.39 is 0 Å². The topological polar surface area (TPSA) is 65.1 Å². The number of amides is 2. The Hall–Kier alpha value is -1.71. The van der Waals surface area contributed by atoms with Crippen LogP contribution < -0.4 is 9.47 Å². The number of imide groups is 1. The van der Waals surface area contributed by atoms with Crippen molar-refractivity contribution >= 4 is 68.1 Å². The second kappa shape index (κ2) is 11.4. The number of rotatable bonds is 9. The standard InChI is InChI=1S/C22H20BrCl2NO5S/c1-3-30-18-8-14(9-20-21(27)26(6-7-29-2)22(28)32-20)16(23)11-19(18)31-12-13-4-5-15(24)10-17(13)25/h4-5,8-11H,3,6-7,12H2,1-2H3/b20-9+. The molecule has 1 heterocycles. The van der Waals surface area contributed by atoms with E-state index in [0.717, 1.165) is 17.3 Å². The number of benzene rings is 2. The molecular formula is C22H20BrCl2NO5S. The summed E-state index contributed by atoms with van der Waals surface area (Å²) in [6.07, 6.45) is 1.66. The summed E-state index contributed by atoms with van der Waals surface area (Å²) in [7, 11) is 1.52. The van der Waals surface area contributed by atoms with Crippen molar-refractivity contribution in [2.75, 3.05) is 26.9 Å². The first-order valence-corrected chi connectivity index (χ1v) is 12.0. The van der Waals surface area contributed by atoms with Crippen LogP contribution in [0.1, 0.15) is 18.1 Å². The van der Waals surface area contributed by atoms with Gasteiger partial charge in [0.05, 0.1) is 24.7 Å². The fourth-order valence-corrected chi connectivity index (χ4v) is 4.61. The number of carbonyl (C=O) groups excluding carboxylic acids is 2. The first-order chi connectivity index (χ1) is 15.3. The van der Waals surface area contributed by atoms with E-state index in [2.05, 4.69) is 15.9 Å². The number of hydrogen-bond acceptors (Lipinski definition) is 6. The van der Waals surface area contributed by atoms with Gasteiger partial charge >= 0.3 is 0 Å². The molecule has 1 aliphatic heterocycles. The number of nitrogens with zero attached hydrogens (tertiary/aromatic N) is 1. The molecule has 2 aromatic rings. The zero-order chi connectivity index (χ0) is 23.3. The van der Waals surface area contributed by atoms with Gasteiger partial charge in [-0.05, 0) is 54.6 Å². The minimum absolute atomic E-state index is 0.212. The quantitative estimate of drug-likeness (QED) is 0.330. The van der Waals surface area contributed by atoms with Gasteiger partial charge in [-0.25, -0.2) is 0 Å². The lowest BCUT2D eigenvalue weighted by Gasteiger charge is -2.15. The predicted molar refractivity (Wildman–Crippen MR) is 131 cm³/mol. The fourth-order valence-electron chi connectivity index (χ4n) is 2.85. The lowest BCUT2D eigenvalue weighted by atomic mass is 10.1. The predicted octanol–water partition coefficient (Wildman–Crippen LogP) is 6.42. The van der Waals surface area contributed by atoms with Crippen molar-refractivity contribution < 1.29 is 23.8 Å². The van der Waals surface area contributed by atoms with Gasteiger partial charge in [0.1, 0.15) is 6.61 Å². The molecule has 0 radical (unpaired) electrons. The van der Waals surface area contributed by atoms with Crippen molar-refractivity contribution in [3.05, 3.63) is 60.9 Å². The maximum absolute atomic E-state index is 12.6. The van der Waals surface area contributed by atoms with Crippen LogP contribution in [0.3, 0.4) is 0 Å². The van der Waals surface area contributed by atoms with E-state index in [1.54, 1.807) is 36.4 Å². The van der Waals surface area contributed by atoms with Crippen molar-refractivity contribution in [1.82, 2.24) is 4.90 Å². The Kier molecular flexibility index (Phi) is 8.90. The Morgan fingerprint density at radius 1 is 1.12 bits per heavy atom. The van der Waals surface area contributed by atoms with Gasteiger partial charge in [-0.15, -0.1) is 0 Å². The molecule has 1 fully saturated rings. The second-order valence-electron chi connectivity index (χ2n) is 6.60. The summed E-state index contributed by atoms with van der Waals surface area (Å²) in [5, 5.41) is 0.738. The average Bonchev–Trinajstić information content (AvgIpc) is 3.01. The third-order valence-corrected chi connectivity index (χ3v) is 6.62. The van der Waals surface area contributed by atoms with E-state index in [0.29, 0.717) is 43.1 Å². The molecule has 10 heteroatoms. The van der Waals surface area contributed by atoms with E-state index in [1.165, 1.54) is 12.0 Å². The highest BCUT2D eigenvalue weighted by Crippen LogP contribution is 2.38. The summed E-state index contributed by atoms with van der Waals surface area (Å²) in [4.78, 5) is 26.3. The van der Waals surface area contributed by atoms with Gasteiger partial charge < -0.3 is 14.2 Å². The van der Waals surface area contributed by atoms with E-state index in [-0.39, 0.29) is 30.9 Å². The molecule has 3 rings (SSSR count). The van der Waals surface area contributed by atoms with Crippen LogP contribution in [0.25, 0.3) is 6.08 Å². The first-order valence-electron chi connectivity index (χ1n) is 9.61. The zero-order valence-electron chi connectivity index (χ0n) is 17.3. The Morgan fingerprint density at radius 2 is 1.88 bits per heavy atom. The number of hydrogen-bond donors (Lipinski definition) is 0. The molecule has 32 heavy (non-hydrogen) atoms. The van der Waals surface area contributed by atoms with Crippen LogP contribution >= 0.6 is 50.9 Å². The molecule has 0 spiro atoms. The summed E-state index contributed by atoms with van der Waals surface area (Å²) < 4.78 is 17.3. The van der Waals surface area contributed by atoms with Crippen molar-refractivity contribution in [3.8, 4) is 11.5 Å². The normalized spacial score (nSPS) is 15.0. The minimum atomic E-state index is -0.348. The van der Waals surface area contributed by atoms with E-state index in [9.17, 15) is 9.59 Å². The van der Waals surface area contributed by atoms with Gasteiger partial charge in [-0.1, -0.05) is 45.2 Å². The van der Waals surface area contributed by atoms with Gasteiger partial charge in [-0.2, -0.15) is 0 Å². The maximum atomic E-state index is 12.6. The molecule has 2 aromatic carbocycles. The fraction of sp³-hybridized carbons (Fsp3) is 0.273. The van der Waals surface area contributed by atoms with Gasteiger partial charge in [0.25, 0.3) is 11.1 Å². The van der Waals surface area contributed by atoms with Gasteiger partial charge in [-0.3, -0.25) is 14.5 Å². The van der Waals surface area contributed by atoms with Crippen LogP contribution in [0.4, 0.5) is 4.79 Å². The molecule has 6 nitrogen and oxygen atoms in total. The van der Waals surface area contributed by atoms with E-state index in [1.807, 2.05) is 6.92 Å². The monoisotopic (exact) mass is 559 g/mol. The van der Waals surface area contributed by atoms with Crippen LogP contribution in [0.15, 0.2) is 39.7 Å². The minimum Gasteiger partial charge on any atom is -0.490 e.